The molecule has 1 saturated carbocycles. The van der Waals surface area contributed by atoms with Gasteiger partial charge in [-0.05, 0) is 59.1 Å². The summed E-state index contributed by atoms with van der Waals surface area (Å²) in [6, 6.07) is 11.6. The Bertz CT molecular complexity index is 961. The molecule has 0 aromatic heterocycles. The summed E-state index contributed by atoms with van der Waals surface area (Å²) in [5, 5.41) is 2.73. The highest BCUT2D eigenvalue weighted by Crippen LogP contribution is 2.26. The number of nitrogens with one attached hydrogen (secondary N) is 2. The molecule has 9 heteroatoms. The monoisotopic (exact) mass is 468 g/mol. The number of carbonyl (C=O) groups excluding carboxylic acids is 1. The molecule has 2 aromatic rings. The summed E-state index contributed by atoms with van der Waals surface area (Å²) in [6.07, 6.45) is 1.69. The molecule has 0 atom stereocenters. The summed E-state index contributed by atoms with van der Waals surface area (Å²) in [5.41, 5.74) is 0.246. The van der Waals surface area contributed by atoms with Gasteiger partial charge in [0.25, 0.3) is 5.91 Å². The smallest absolute Gasteiger partial charge is 0.252 e. The zero-order valence-corrected chi connectivity index (χ0v) is 17.7. The molecule has 0 spiro atoms. The van der Waals surface area contributed by atoms with Crippen LogP contribution in [0.25, 0.3) is 0 Å². The average Bonchev–Trinajstić information content (AvgIpc) is 3.48. The first-order chi connectivity index (χ1) is 13.4. The standard InChI is InChI=1S/C19H21BrN2O5S/c1-26-17-4-2-3-5-18(17)27-11-10-21-19(23)15-12-14(8-9-16(15)20)28(24,25)22-13-6-7-13/h2-5,8-9,12-13,22H,6-7,10-11H2,1H3,(H,21,23). The number of hydrogen-bond acceptors (Lipinski definition) is 5. The second-order valence-electron chi connectivity index (χ2n) is 6.29. The molecule has 2 N–H and O–H groups in total. The van der Waals surface area contributed by atoms with Crippen LogP contribution in [0.1, 0.15) is 23.2 Å². The predicted octanol–water partition coefficient (Wildman–Crippen LogP) is 2.71. The van der Waals surface area contributed by atoms with E-state index in [2.05, 4.69) is 26.0 Å². The van der Waals surface area contributed by atoms with E-state index in [9.17, 15) is 13.2 Å². The lowest BCUT2D eigenvalue weighted by molar-refractivity contribution is 0.0946. The van der Waals surface area contributed by atoms with Crippen molar-refractivity contribution in [1.82, 2.24) is 10.0 Å². The van der Waals surface area contributed by atoms with Crippen LogP contribution in [-0.2, 0) is 10.0 Å². The molecular formula is C19H21BrN2O5S. The van der Waals surface area contributed by atoms with Gasteiger partial charge in [0.15, 0.2) is 11.5 Å². The molecule has 1 aliphatic carbocycles. The van der Waals surface area contributed by atoms with E-state index in [1.54, 1.807) is 25.3 Å². The molecule has 0 heterocycles. The van der Waals surface area contributed by atoms with Gasteiger partial charge in [0.1, 0.15) is 6.61 Å². The van der Waals surface area contributed by atoms with E-state index in [1.165, 1.54) is 12.1 Å². The van der Waals surface area contributed by atoms with Crippen LogP contribution in [0, 0.1) is 0 Å². The number of benzene rings is 2. The van der Waals surface area contributed by atoms with Crippen molar-refractivity contribution in [3.63, 3.8) is 0 Å². The number of rotatable bonds is 9. The zero-order chi connectivity index (χ0) is 20.1. The number of methoxy groups -OCH3 is 1. The minimum Gasteiger partial charge on any atom is -0.493 e. The van der Waals surface area contributed by atoms with Crippen molar-refractivity contribution in [3.8, 4) is 11.5 Å². The summed E-state index contributed by atoms with van der Waals surface area (Å²) in [6.45, 7) is 0.492. The minimum atomic E-state index is -3.63. The molecule has 0 saturated heterocycles. The van der Waals surface area contributed by atoms with Crippen molar-refractivity contribution in [1.29, 1.82) is 0 Å². The van der Waals surface area contributed by atoms with Crippen molar-refractivity contribution in [2.24, 2.45) is 0 Å². The lowest BCUT2D eigenvalue weighted by Crippen LogP contribution is -2.29. The number of para-hydroxylation sites is 2. The first-order valence-corrected chi connectivity index (χ1v) is 11.0. The highest BCUT2D eigenvalue weighted by atomic mass is 79.9. The zero-order valence-electron chi connectivity index (χ0n) is 15.3. The summed E-state index contributed by atoms with van der Waals surface area (Å²) in [7, 11) is -2.07. The maximum atomic E-state index is 12.5. The van der Waals surface area contributed by atoms with Crippen molar-refractivity contribution in [2.45, 2.75) is 23.8 Å². The SMILES string of the molecule is COc1ccccc1OCCNC(=O)c1cc(S(=O)(=O)NC2CC2)ccc1Br. The normalized spacial score (nSPS) is 13.8. The van der Waals surface area contributed by atoms with Crippen LogP contribution in [0.15, 0.2) is 51.8 Å². The average molecular weight is 469 g/mol. The maximum absolute atomic E-state index is 12.5. The second-order valence-corrected chi connectivity index (χ2v) is 8.86. The van der Waals surface area contributed by atoms with Gasteiger partial charge in [-0.1, -0.05) is 12.1 Å². The Morgan fingerprint density at radius 3 is 2.57 bits per heavy atom. The Hall–Kier alpha value is -2.10. The summed E-state index contributed by atoms with van der Waals surface area (Å²) in [4.78, 5) is 12.5. The van der Waals surface area contributed by atoms with E-state index >= 15 is 0 Å². The maximum Gasteiger partial charge on any atom is 0.252 e. The van der Waals surface area contributed by atoms with Crippen LogP contribution in [0.3, 0.4) is 0 Å². The van der Waals surface area contributed by atoms with Gasteiger partial charge in [0.2, 0.25) is 10.0 Å². The van der Waals surface area contributed by atoms with E-state index in [-0.39, 0.29) is 35.6 Å². The molecule has 2 aromatic carbocycles. The number of carbonyl (C=O) groups is 1. The lowest BCUT2D eigenvalue weighted by atomic mass is 10.2. The Morgan fingerprint density at radius 1 is 1.18 bits per heavy atom. The molecule has 0 radical (unpaired) electrons. The third kappa shape index (κ3) is 5.24. The fourth-order valence-corrected chi connectivity index (χ4v) is 4.25. The summed E-state index contributed by atoms with van der Waals surface area (Å²) in [5.74, 6) is 0.802. The van der Waals surface area contributed by atoms with Gasteiger partial charge in [-0.25, -0.2) is 13.1 Å². The van der Waals surface area contributed by atoms with Crippen LogP contribution >= 0.6 is 15.9 Å². The quantitative estimate of drug-likeness (QED) is 0.551. The largest absolute Gasteiger partial charge is 0.493 e. The molecule has 3 rings (SSSR count). The van der Waals surface area contributed by atoms with Gasteiger partial charge < -0.3 is 14.8 Å². The molecule has 1 fully saturated rings. The van der Waals surface area contributed by atoms with E-state index in [0.29, 0.717) is 16.0 Å². The first kappa shape index (κ1) is 20.6. The molecule has 7 nitrogen and oxygen atoms in total. The highest BCUT2D eigenvalue weighted by Gasteiger charge is 2.28. The summed E-state index contributed by atoms with van der Waals surface area (Å²) < 4.78 is 38.7. The van der Waals surface area contributed by atoms with E-state index in [0.717, 1.165) is 12.8 Å². The van der Waals surface area contributed by atoms with Crippen LogP contribution in [0.4, 0.5) is 0 Å². The Balaban J connectivity index is 1.60. The minimum absolute atomic E-state index is 0.00181. The molecule has 28 heavy (non-hydrogen) atoms. The molecule has 150 valence electrons. The number of sulfonamides is 1. The number of hydrogen-bond donors (Lipinski definition) is 2. The van der Waals surface area contributed by atoms with Gasteiger partial charge in [0, 0.05) is 10.5 Å². The van der Waals surface area contributed by atoms with E-state index in [1.807, 2.05) is 12.1 Å². The van der Waals surface area contributed by atoms with Gasteiger partial charge in [-0.15, -0.1) is 0 Å². The highest BCUT2D eigenvalue weighted by molar-refractivity contribution is 9.10. The van der Waals surface area contributed by atoms with E-state index in [4.69, 9.17) is 9.47 Å². The number of halogens is 1. The Labute approximate surface area is 172 Å². The van der Waals surface area contributed by atoms with Crippen molar-refractivity contribution in [2.75, 3.05) is 20.3 Å². The fourth-order valence-electron chi connectivity index (χ4n) is 2.49. The second kappa shape index (κ2) is 8.93. The molecule has 1 amide bonds. The number of ether oxygens (including phenoxy) is 2. The molecule has 1 aliphatic rings. The van der Waals surface area contributed by atoms with Crippen LogP contribution in [-0.4, -0.2) is 40.6 Å². The molecule has 0 bridgehead atoms. The van der Waals surface area contributed by atoms with Gasteiger partial charge in [-0.3, -0.25) is 4.79 Å². The lowest BCUT2D eigenvalue weighted by Gasteiger charge is -2.12. The molecule has 0 unspecified atom stereocenters. The third-order valence-corrected chi connectivity index (χ3v) is 6.32. The fraction of sp³-hybridized carbons (Fsp3) is 0.316. The van der Waals surface area contributed by atoms with Crippen LogP contribution < -0.4 is 19.5 Å². The summed E-state index contributed by atoms with van der Waals surface area (Å²) >= 11 is 3.30. The van der Waals surface area contributed by atoms with Crippen molar-refractivity contribution in [3.05, 3.63) is 52.5 Å². The predicted molar refractivity (Wildman–Crippen MR) is 108 cm³/mol. The third-order valence-electron chi connectivity index (χ3n) is 4.11. The molecule has 0 aliphatic heterocycles. The van der Waals surface area contributed by atoms with Gasteiger partial charge in [0.05, 0.1) is 24.1 Å². The van der Waals surface area contributed by atoms with Gasteiger partial charge >= 0.3 is 0 Å². The van der Waals surface area contributed by atoms with Gasteiger partial charge in [-0.2, -0.15) is 0 Å². The first-order valence-electron chi connectivity index (χ1n) is 8.76. The van der Waals surface area contributed by atoms with Crippen LogP contribution in [0.2, 0.25) is 0 Å². The number of amides is 1. The van der Waals surface area contributed by atoms with Crippen LogP contribution in [0.5, 0.6) is 11.5 Å². The van der Waals surface area contributed by atoms with Crippen molar-refractivity contribution >= 4 is 31.9 Å². The van der Waals surface area contributed by atoms with Crippen molar-refractivity contribution < 1.29 is 22.7 Å². The topological polar surface area (TPSA) is 93.7 Å². The Morgan fingerprint density at radius 2 is 1.89 bits per heavy atom. The van der Waals surface area contributed by atoms with E-state index < -0.39 is 10.0 Å². The molecular weight excluding hydrogens is 448 g/mol. The Kier molecular flexibility index (Phi) is 6.58.